The second-order valence-corrected chi connectivity index (χ2v) is 3.78. The number of anilines is 1. The van der Waals surface area contributed by atoms with Crippen molar-refractivity contribution < 1.29 is 13.6 Å². The molecule has 0 spiro atoms. The number of rotatable bonds is 2. The number of carbonyl (C=O) groups is 1. The zero-order chi connectivity index (χ0) is 11.5. The third-order valence-electron chi connectivity index (χ3n) is 2.64. The van der Waals surface area contributed by atoms with E-state index < -0.39 is 11.6 Å². The van der Waals surface area contributed by atoms with Crippen LogP contribution in [0.25, 0.3) is 0 Å². The summed E-state index contributed by atoms with van der Waals surface area (Å²) in [5, 5.41) is 5.31. The lowest BCUT2D eigenvalue weighted by atomic mass is 10.1. The lowest BCUT2D eigenvalue weighted by Gasteiger charge is -2.11. The Bertz CT molecular complexity index is 383. The van der Waals surface area contributed by atoms with Crippen LogP contribution in [0.4, 0.5) is 14.5 Å². The fraction of sp³-hybridized carbons (Fsp3) is 0.364. The molecule has 1 aromatic carbocycles. The Balaban J connectivity index is 2.11. The Morgan fingerprint density at radius 3 is 2.62 bits per heavy atom. The fourth-order valence-corrected chi connectivity index (χ4v) is 1.72. The van der Waals surface area contributed by atoms with Gasteiger partial charge in [0, 0.05) is 6.54 Å². The summed E-state index contributed by atoms with van der Waals surface area (Å²) in [5.41, 5.74) is -0.362. The number of halogens is 2. The fourth-order valence-electron chi connectivity index (χ4n) is 1.72. The van der Waals surface area contributed by atoms with E-state index in [0.717, 1.165) is 18.7 Å². The van der Waals surface area contributed by atoms with E-state index in [2.05, 4.69) is 10.6 Å². The Kier molecular flexibility index (Phi) is 3.14. The average molecular weight is 226 g/mol. The molecule has 0 bridgehead atoms. The van der Waals surface area contributed by atoms with E-state index in [4.69, 9.17) is 0 Å². The maximum Gasteiger partial charge on any atom is 0.228 e. The number of hydrogen-bond acceptors (Lipinski definition) is 2. The number of carbonyl (C=O) groups excluding carboxylic acids is 1. The van der Waals surface area contributed by atoms with Gasteiger partial charge >= 0.3 is 0 Å². The molecule has 1 unspecified atom stereocenters. The number of benzene rings is 1. The van der Waals surface area contributed by atoms with E-state index in [1.165, 1.54) is 6.07 Å². The Hall–Kier alpha value is -1.49. The summed E-state index contributed by atoms with van der Waals surface area (Å²) in [6.45, 7) is 1.32. The molecule has 0 aromatic heterocycles. The van der Waals surface area contributed by atoms with Crippen LogP contribution in [0.1, 0.15) is 6.42 Å². The minimum atomic E-state index is -0.751. The topological polar surface area (TPSA) is 41.1 Å². The largest absolute Gasteiger partial charge is 0.321 e. The van der Waals surface area contributed by atoms with Crippen LogP contribution >= 0.6 is 0 Å². The van der Waals surface area contributed by atoms with Crippen molar-refractivity contribution in [2.75, 3.05) is 18.4 Å². The van der Waals surface area contributed by atoms with E-state index in [1.54, 1.807) is 0 Å². The first kappa shape index (κ1) is 11.0. The lowest BCUT2D eigenvalue weighted by molar-refractivity contribution is -0.119. The van der Waals surface area contributed by atoms with E-state index in [1.807, 2.05) is 0 Å². The van der Waals surface area contributed by atoms with Gasteiger partial charge in [0.05, 0.1) is 5.92 Å². The van der Waals surface area contributed by atoms with Gasteiger partial charge in [-0.25, -0.2) is 8.78 Å². The Morgan fingerprint density at radius 2 is 2.06 bits per heavy atom. The Labute approximate surface area is 91.8 Å². The highest BCUT2D eigenvalue weighted by Gasteiger charge is 2.23. The predicted octanol–water partition coefficient (Wildman–Crippen LogP) is 1.51. The normalized spacial score (nSPS) is 19.8. The van der Waals surface area contributed by atoms with Crippen molar-refractivity contribution in [3.05, 3.63) is 29.8 Å². The molecule has 2 N–H and O–H groups in total. The maximum absolute atomic E-state index is 13.2. The molecule has 1 heterocycles. The molecule has 1 saturated heterocycles. The molecule has 1 atom stereocenters. The first-order valence-corrected chi connectivity index (χ1v) is 5.14. The molecule has 16 heavy (non-hydrogen) atoms. The van der Waals surface area contributed by atoms with Gasteiger partial charge in [0.1, 0.15) is 17.3 Å². The molecule has 5 heteroatoms. The van der Waals surface area contributed by atoms with Crippen molar-refractivity contribution in [1.82, 2.24) is 5.32 Å². The van der Waals surface area contributed by atoms with Crippen molar-refractivity contribution in [1.29, 1.82) is 0 Å². The van der Waals surface area contributed by atoms with Crippen LogP contribution in [0, 0.1) is 17.6 Å². The number of amides is 1. The van der Waals surface area contributed by atoms with Crippen LogP contribution in [0.5, 0.6) is 0 Å². The highest BCUT2D eigenvalue weighted by Crippen LogP contribution is 2.19. The van der Waals surface area contributed by atoms with E-state index in [-0.39, 0.29) is 17.5 Å². The second kappa shape index (κ2) is 4.57. The summed E-state index contributed by atoms with van der Waals surface area (Å²) < 4.78 is 26.5. The first-order valence-electron chi connectivity index (χ1n) is 5.14. The Morgan fingerprint density at radius 1 is 1.38 bits per heavy atom. The van der Waals surface area contributed by atoms with Crippen LogP contribution in [0.15, 0.2) is 18.2 Å². The van der Waals surface area contributed by atoms with Crippen LogP contribution in [0.3, 0.4) is 0 Å². The summed E-state index contributed by atoms with van der Waals surface area (Å²) in [7, 11) is 0. The van der Waals surface area contributed by atoms with Gasteiger partial charge in [0.15, 0.2) is 0 Å². The highest BCUT2D eigenvalue weighted by atomic mass is 19.1. The summed E-state index contributed by atoms with van der Waals surface area (Å²) in [4.78, 5) is 11.6. The second-order valence-electron chi connectivity index (χ2n) is 3.78. The number of para-hydroxylation sites is 1. The first-order chi connectivity index (χ1) is 7.68. The van der Waals surface area contributed by atoms with Gasteiger partial charge in [-0.05, 0) is 25.1 Å². The SMILES string of the molecule is O=C(Nc1c(F)cccc1F)C1CCNC1. The smallest absolute Gasteiger partial charge is 0.228 e. The summed E-state index contributed by atoms with van der Waals surface area (Å²) in [6.07, 6.45) is 0.696. The molecule has 0 aliphatic carbocycles. The van der Waals surface area contributed by atoms with E-state index in [0.29, 0.717) is 13.0 Å². The van der Waals surface area contributed by atoms with Gasteiger partial charge in [-0.3, -0.25) is 4.79 Å². The standard InChI is InChI=1S/C11H12F2N2O/c12-8-2-1-3-9(13)10(8)15-11(16)7-4-5-14-6-7/h1-3,7,14H,4-6H2,(H,15,16). The molecule has 0 saturated carbocycles. The van der Waals surface area contributed by atoms with E-state index >= 15 is 0 Å². The van der Waals surface area contributed by atoms with E-state index in [9.17, 15) is 13.6 Å². The zero-order valence-corrected chi connectivity index (χ0v) is 8.59. The maximum atomic E-state index is 13.2. The molecule has 1 aliphatic heterocycles. The van der Waals surface area contributed by atoms with Gasteiger partial charge in [-0.1, -0.05) is 6.07 Å². The van der Waals surface area contributed by atoms with Crippen LogP contribution in [0.2, 0.25) is 0 Å². The predicted molar refractivity (Wildman–Crippen MR) is 56.0 cm³/mol. The number of hydrogen-bond donors (Lipinski definition) is 2. The molecular formula is C11H12F2N2O. The van der Waals surface area contributed by atoms with Gasteiger partial charge in [-0.2, -0.15) is 0 Å². The molecule has 3 nitrogen and oxygen atoms in total. The molecular weight excluding hydrogens is 214 g/mol. The highest BCUT2D eigenvalue weighted by molar-refractivity contribution is 5.93. The molecule has 1 aromatic rings. The van der Waals surface area contributed by atoms with Gasteiger partial charge in [0.2, 0.25) is 5.91 Å². The summed E-state index contributed by atoms with van der Waals surface area (Å²) in [5.74, 6) is -2.05. The van der Waals surface area contributed by atoms with Gasteiger partial charge < -0.3 is 10.6 Å². The minimum absolute atomic E-state index is 0.209. The molecule has 0 radical (unpaired) electrons. The molecule has 2 rings (SSSR count). The minimum Gasteiger partial charge on any atom is -0.321 e. The van der Waals surface area contributed by atoms with Gasteiger partial charge in [-0.15, -0.1) is 0 Å². The van der Waals surface area contributed by atoms with Crippen LogP contribution in [-0.4, -0.2) is 19.0 Å². The quantitative estimate of drug-likeness (QED) is 0.802. The molecule has 86 valence electrons. The molecule has 1 aliphatic rings. The summed E-state index contributed by atoms with van der Waals surface area (Å²) in [6, 6.07) is 3.49. The lowest BCUT2D eigenvalue weighted by Crippen LogP contribution is -2.25. The van der Waals surface area contributed by atoms with Crippen molar-refractivity contribution in [2.45, 2.75) is 6.42 Å². The third-order valence-corrected chi connectivity index (χ3v) is 2.64. The van der Waals surface area contributed by atoms with Gasteiger partial charge in [0.25, 0.3) is 0 Å². The molecule has 1 amide bonds. The van der Waals surface area contributed by atoms with Crippen molar-refractivity contribution >= 4 is 11.6 Å². The van der Waals surface area contributed by atoms with Crippen LogP contribution < -0.4 is 10.6 Å². The van der Waals surface area contributed by atoms with Crippen molar-refractivity contribution in [3.63, 3.8) is 0 Å². The zero-order valence-electron chi connectivity index (χ0n) is 8.59. The third kappa shape index (κ3) is 2.19. The van der Waals surface area contributed by atoms with Crippen LogP contribution in [-0.2, 0) is 4.79 Å². The van der Waals surface area contributed by atoms with Crippen molar-refractivity contribution in [2.24, 2.45) is 5.92 Å². The average Bonchev–Trinajstić information content (AvgIpc) is 2.76. The molecule has 1 fully saturated rings. The van der Waals surface area contributed by atoms with Crippen molar-refractivity contribution in [3.8, 4) is 0 Å². The monoisotopic (exact) mass is 226 g/mol. The summed E-state index contributed by atoms with van der Waals surface area (Å²) >= 11 is 0. The number of nitrogens with one attached hydrogen (secondary N) is 2.